The van der Waals surface area contributed by atoms with Crippen molar-refractivity contribution >= 4 is 0 Å². The third-order valence-electron chi connectivity index (χ3n) is 2.27. The Balaban J connectivity index is 2.18. The van der Waals surface area contributed by atoms with Gasteiger partial charge in [-0.1, -0.05) is 0 Å². The number of aliphatic hydroxyl groups is 1. The van der Waals surface area contributed by atoms with Crippen molar-refractivity contribution in [1.29, 1.82) is 0 Å². The zero-order chi connectivity index (χ0) is 9.26. The van der Waals surface area contributed by atoms with Crippen LogP contribution in [0.25, 0.3) is 0 Å². The van der Waals surface area contributed by atoms with Crippen molar-refractivity contribution in [3.8, 4) is 0 Å². The first-order valence-electron chi connectivity index (χ1n) is 4.58. The highest BCUT2D eigenvalue weighted by Gasteiger charge is 2.18. The summed E-state index contributed by atoms with van der Waals surface area (Å²) in [7, 11) is 0. The summed E-state index contributed by atoms with van der Waals surface area (Å²) in [6.45, 7) is 0.864. The molecule has 0 spiro atoms. The standard InChI is InChI=1S/C8H14N4O/c9-6-1-2-8-10-7(3-4-13)11-12(8)5-6/h6,13H,1-5,9H2. The molecule has 0 fully saturated rings. The molecule has 5 nitrogen and oxygen atoms in total. The van der Waals surface area contributed by atoms with Crippen molar-refractivity contribution < 1.29 is 5.11 Å². The first kappa shape index (κ1) is 8.65. The van der Waals surface area contributed by atoms with Gasteiger partial charge in [-0.2, -0.15) is 5.10 Å². The molecular formula is C8H14N4O. The lowest BCUT2D eigenvalue weighted by atomic mass is 10.1. The largest absolute Gasteiger partial charge is 0.396 e. The lowest BCUT2D eigenvalue weighted by Crippen LogP contribution is -2.32. The number of nitrogens with zero attached hydrogens (tertiary/aromatic N) is 3. The van der Waals surface area contributed by atoms with Gasteiger partial charge in [0.2, 0.25) is 0 Å². The fourth-order valence-corrected chi connectivity index (χ4v) is 1.59. The minimum atomic E-state index is 0.107. The number of aryl methyl sites for hydroxylation is 1. The monoisotopic (exact) mass is 182 g/mol. The molecule has 0 saturated carbocycles. The molecule has 3 N–H and O–H groups in total. The molecule has 2 heterocycles. The van der Waals surface area contributed by atoms with Crippen LogP contribution in [0.5, 0.6) is 0 Å². The molecule has 1 aliphatic rings. The molecule has 0 saturated heterocycles. The first-order chi connectivity index (χ1) is 6.29. The summed E-state index contributed by atoms with van der Waals surface area (Å²) < 4.78 is 1.86. The number of nitrogens with two attached hydrogens (primary N) is 1. The number of hydrogen-bond acceptors (Lipinski definition) is 4. The number of rotatable bonds is 2. The second-order valence-corrected chi connectivity index (χ2v) is 3.40. The summed E-state index contributed by atoms with van der Waals surface area (Å²) in [4.78, 5) is 4.31. The maximum atomic E-state index is 8.72. The molecule has 0 radical (unpaired) electrons. The van der Waals surface area contributed by atoms with Gasteiger partial charge in [0.1, 0.15) is 5.82 Å². The maximum absolute atomic E-state index is 8.72. The van der Waals surface area contributed by atoms with E-state index in [1.54, 1.807) is 0 Å². The summed E-state index contributed by atoms with van der Waals surface area (Å²) in [5.74, 6) is 1.73. The van der Waals surface area contributed by atoms with E-state index in [1.165, 1.54) is 0 Å². The van der Waals surface area contributed by atoms with Gasteiger partial charge < -0.3 is 10.8 Å². The van der Waals surface area contributed by atoms with E-state index in [9.17, 15) is 0 Å². The van der Waals surface area contributed by atoms with Gasteiger partial charge in [-0.25, -0.2) is 9.67 Å². The maximum Gasteiger partial charge on any atom is 0.153 e. The van der Waals surface area contributed by atoms with E-state index in [-0.39, 0.29) is 12.6 Å². The Morgan fingerprint density at radius 1 is 1.62 bits per heavy atom. The lowest BCUT2D eigenvalue weighted by molar-refractivity contribution is 0.296. The van der Waals surface area contributed by atoms with E-state index in [1.807, 2.05) is 4.68 Å². The lowest BCUT2D eigenvalue weighted by Gasteiger charge is -2.17. The summed E-state index contributed by atoms with van der Waals surface area (Å²) in [6, 6.07) is 0.205. The Bertz CT molecular complexity index is 296. The van der Waals surface area contributed by atoms with Crippen molar-refractivity contribution in [2.45, 2.75) is 31.8 Å². The fourth-order valence-electron chi connectivity index (χ4n) is 1.59. The molecule has 5 heteroatoms. The Labute approximate surface area is 76.6 Å². The predicted octanol–water partition coefficient (Wildman–Crippen LogP) is -0.914. The SMILES string of the molecule is NC1CCc2nc(CCO)nn2C1. The zero-order valence-electron chi connectivity index (χ0n) is 7.48. The van der Waals surface area contributed by atoms with Crippen molar-refractivity contribution in [2.75, 3.05) is 6.61 Å². The topological polar surface area (TPSA) is 77.0 Å². The first-order valence-corrected chi connectivity index (χ1v) is 4.58. The molecule has 0 aliphatic carbocycles. The summed E-state index contributed by atoms with van der Waals surface area (Å²) >= 11 is 0. The van der Waals surface area contributed by atoms with E-state index in [2.05, 4.69) is 10.1 Å². The third kappa shape index (κ3) is 1.71. The average Bonchev–Trinajstić information content (AvgIpc) is 2.46. The van der Waals surface area contributed by atoms with Crippen LogP contribution in [0.3, 0.4) is 0 Å². The molecule has 72 valence electrons. The van der Waals surface area contributed by atoms with Gasteiger partial charge in [-0.15, -0.1) is 0 Å². The van der Waals surface area contributed by atoms with Gasteiger partial charge in [-0.05, 0) is 6.42 Å². The van der Waals surface area contributed by atoms with Crippen molar-refractivity contribution in [1.82, 2.24) is 14.8 Å². The molecule has 1 aromatic heterocycles. The predicted molar refractivity (Wildman–Crippen MR) is 47.1 cm³/mol. The van der Waals surface area contributed by atoms with Gasteiger partial charge in [0.25, 0.3) is 0 Å². The third-order valence-corrected chi connectivity index (χ3v) is 2.27. The van der Waals surface area contributed by atoms with Crippen LogP contribution in [-0.4, -0.2) is 32.5 Å². The van der Waals surface area contributed by atoms with E-state index in [0.29, 0.717) is 6.42 Å². The summed E-state index contributed by atoms with van der Waals surface area (Å²) in [6.07, 6.45) is 2.42. The van der Waals surface area contributed by atoms with Gasteiger partial charge in [0.05, 0.1) is 13.2 Å². The van der Waals surface area contributed by atoms with Crippen LogP contribution in [0.2, 0.25) is 0 Å². The van der Waals surface area contributed by atoms with E-state index < -0.39 is 0 Å². The number of fused-ring (bicyclic) bond motifs is 1. The summed E-state index contributed by atoms with van der Waals surface area (Å²) in [5, 5.41) is 13.0. The highest BCUT2D eigenvalue weighted by Crippen LogP contribution is 2.11. The molecule has 2 rings (SSSR count). The van der Waals surface area contributed by atoms with Crippen molar-refractivity contribution in [2.24, 2.45) is 5.73 Å². The average molecular weight is 182 g/mol. The second kappa shape index (κ2) is 3.43. The van der Waals surface area contributed by atoms with Crippen LogP contribution in [-0.2, 0) is 19.4 Å². The number of aromatic nitrogens is 3. The van der Waals surface area contributed by atoms with Crippen LogP contribution in [0.15, 0.2) is 0 Å². The van der Waals surface area contributed by atoms with Crippen LogP contribution in [0.1, 0.15) is 18.1 Å². The zero-order valence-corrected chi connectivity index (χ0v) is 7.48. The van der Waals surface area contributed by atoms with E-state index >= 15 is 0 Å². The quantitative estimate of drug-likeness (QED) is 0.620. The van der Waals surface area contributed by atoms with Crippen LogP contribution >= 0.6 is 0 Å². The minimum absolute atomic E-state index is 0.107. The van der Waals surface area contributed by atoms with Gasteiger partial charge in [0, 0.05) is 18.9 Å². The molecule has 1 unspecified atom stereocenters. The Kier molecular flexibility index (Phi) is 2.28. The van der Waals surface area contributed by atoms with Gasteiger partial charge >= 0.3 is 0 Å². The van der Waals surface area contributed by atoms with E-state index in [4.69, 9.17) is 10.8 Å². The molecule has 0 amide bonds. The van der Waals surface area contributed by atoms with Crippen LogP contribution < -0.4 is 5.73 Å². The second-order valence-electron chi connectivity index (χ2n) is 3.40. The molecule has 1 atom stereocenters. The smallest absolute Gasteiger partial charge is 0.153 e. The molecule has 1 aromatic rings. The fraction of sp³-hybridized carbons (Fsp3) is 0.750. The highest BCUT2D eigenvalue weighted by atomic mass is 16.3. The van der Waals surface area contributed by atoms with Crippen LogP contribution in [0, 0.1) is 0 Å². The molecule has 1 aliphatic heterocycles. The molecule has 0 bridgehead atoms. The van der Waals surface area contributed by atoms with Crippen LogP contribution in [0.4, 0.5) is 0 Å². The molecular weight excluding hydrogens is 168 g/mol. The van der Waals surface area contributed by atoms with Crippen molar-refractivity contribution in [3.63, 3.8) is 0 Å². The van der Waals surface area contributed by atoms with Crippen molar-refractivity contribution in [3.05, 3.63) is 11.6 Å². The summed E-state index contributed by atoms with van der Waals surface area (Å²) in [5.41, 5.74) is 5.79. The van der Waals surface area contributed by atoms with Gasteiger partial charge in [-0.3, -0.25) is 0 Å². The Morgan fingerprint density at radius 3 is 3.23 bits per heavy atom. The van der Waals surface area contributed by atoms with E-state index in [0.717, 1.165) is 31.0 Å². The molecule has 13 heavy (non-hydrogen) atoms. The number of hydrogen-bond donors (Lipinski definition) is 2. The molecule has 0 aromatic carbocycles. The van der Waals surface area contributed by atoms with Gasteiger partial charge in [0.15, 0.2) is 5.82 Å². The number of aliphatic hydroxyl groups excluding tert-OH is 1. The Hall–Kier alpha value is -0.940. The highest BCUT2D eigenvalue weighted by molar-refractivity contribution is 4.97. The normalized spacial score (nSPS) is 21.5. The Morgan fingerprint density at radius 2 is 2.46 bits per heavy atom. The minimum Gasteiger partial charge on any atom is -0.396 e.